The van der Waals surface area contributed by atoms with Gasteiger partial charge in [0, 0.05) is 19.8 Å². The Labute approximate surface area is 180 Å². The number of nitrogens with one attached hydrogen (secondary N) is 1. The molecule has 0 aliphatic rings. The van der Waals surface area contributed by atoms with E-state index in [4.69, 9.17) is 0 Å². The van der Waals surface area contributed by atoms with Crippen molar-refractivity contribution in [2.24, 2.45) is 19.1 Å². The number of para-hydroxylation sites is 1. The maximum atomic E-state index is 13.0. The molecule has 0 unspecified atom stereocenters. The van der Waals surface area contributed by atoms with Crippen molar-refractivity contribution in [3.8, 4) is 5.88 Å². The molecule has 1 amide bonds. The fourth-order valence-corrected chi connectivity index (χ4v) is 3.50. The summed E-state index contributed by atoms with van der Waals surface area (Å²) >= 11 is 0.927. The molecule has 0 radical (unpaired) electrons. The molecule has 0 aliphatic carbocycles. The van der Waals surface area contributed by atoms with Crippen LogP contribution in [0.4, 0.5) is 15.8 Å². The van der Waals surface area contributed by atoms with Gasteiger partial charge in [0.15, 0.2) is 0 Å². The van der Waals surface area contributed by atoms with Crippen LogP contribution in [0.25, 0.3) is 0 Å². The molecule has 160 valence electrons. The molecule has 3 rings (SSSR count). The molecule has 2 N–H and O–H groups in total. The fourth-order valence-electron chi connectivity index (χ4n) is 2.66. The molecular formula is C21H19FN4O4S. The molecule has 0 saturated carbocycles. The van der Waals surface area contributed by atoms with Crippen molar-refractivity contribution in [1.82, 2.24) is 9.13 Å². The third kappa shape index (κ3) is 5.10. The minimum Gasteiger partial charge on any atom is -0.494 e. The average Bonchev–Trinajstić information content (AvgIpc) is 2.77. The molecule has 0 bridgehead atoms. The van der Waals surface area contributed by atoms with Crippen LogP contribution in [-0.4, -0.2) is 30.9 Å². The Hall–Kier alpha value is -3.66. The highest BCUT2D eigenvalue weighted by Crippen LogP contribution is 2.23. The summed E-state index contributed by atoms with van der Waals surface area (Å²) in [5.41, 5.74) is -0.701. The molecule has 10 heteroatoms. The standard InChI is InChI=1S/C21H19FN4O4S/c1-25-19(28)17(20(29)26(2)21(25)30)18(24-14-6-4-3-5-7-14)31-12-16(27)23-15-10-8-13(22)9-11-15/h3-11,28H,12H2,1-2H3,(H,23,27). The van der Waals surface area contributed by atoms with E-state index in [9.17, 15) is 23.9 Å². The molecule has 0 atom stereocenters. The van der Waals surface area contributed by atoms with Crippen LogP contribution in [0, 0.1) is 5.82 Å². The van der Waals surface area contributed by atoms with Crippen molar-refractivity contribution in [1.29, 1.82) is 0 Å². The third-order valence-corrected chi connectivity index (χ3v) is 5.28. The predicted molar refractivity (Wildman–Crippen MR) is 119 cm³/mol. The van der Waals surface area contributed by atoms with E-state index in [2.05, 4.69) is 10.3 Å². The van der Waals surface area contributed by atoms with Gasteiger partial charge in [-0.25, -0.2) is 14.2 Å². The molecule has 1 aromatic heterocycles. The molecular weight excluding hydrogens is 423 g/mol. The van der Waals surface area contributed by atoms with Gasteiger partial charge in [-0.2, -0.15) is 0 Å². The predicted octanol–water partition coefficient (Wildman–Crippen LogP) is 2.38. The van der Waals surface area contributed by atoms with Crippen LogP contribution < -0.4 is 16.6 Å². The summed E-state index contributed by atoms with van der Waals surface area (Å²) in [7, 11) is 2.62. The normalized spacial score (nSPS) is 11.4. The van der Waals surface area contributed by atoms with Crippen LogP contribution in [0.2, 0.25) is 0 Å². The number of benzene rings is 2. The minimum absolute atomic E-state index is 0.0779. The van der Waals surface area contributed by atoms with E-state index in [1.165, 1.54) is 38.4 Å². The summed E-state index contributed by atoms with van der Waals surface area (Å²) in [5.74, 6) is -1.53. The van der Waals surface area contributed by atoms with Gasteiger partial charge in [0.25, 0.3) is 5.56 Å². The van der Waals surface area contributed by atoms with Crippen molar-refractivity contribution in [2.75, 3.05) is 11.1 Å². The lowest BCUT2D eigenvalue weighted by molar-refractivity contribution is -0.113. The van der Waals surface area contributed by atoms with Crippen LogP contribution in [0.5, 0.6) is 5.88 Å². The maximum Gasteiger partial charge on any atom is 0.333 e. The maximum absolute atomic E-state index is 13.0. The summed E-state index contributed by atoms with van der Waals surface area (Å²) < 4.78 is 14.8. The van der Waals surface area contributed by atoms with Gasteiger partial charge in [-0.3, -0.25) is 18.7 Å². The lowest BCUT2D eigenvalue weighted by Crippen LogP contribution is -2.39. The van der Waals surface area contributed by atoms with Crippen LogP contribution in [0.3, 0.4) is 0 Å². The van der Waals surface area contributed by atoms with Crippen LogP contribution >= 0.6 is 11.8 Å². The van der Waals surface area contributed by atoms with Crippen molar-refractivity contribution < 1.29 is 14.3 Å². The first-order chi connectivity index (χ1) is 14.8. The Morgan fingerprint density at radius 1 is 1.06 bits per heavy atom. The number of aromatic nitrogens is 2. The molecule has 8 nitrogen and oxygen atoms in total. The fraction of sp³-hybridized carbons (Fsp3) is 0.143. The van der Waals surface area contributed by atoms with E-state index in [1.807, 2.05) is 0 Å². The number of hydrogen-bond donors (Lipinski definition) is 2. The number of halogens is 1. The highest BCUT2D eigenvalue weighted by Gasteiger charge is 2.21. The van der Waals surface area contributed by atoms with Gasteiger partial charge in [-0.05, 0) is 36.4 Å². The Morgan fingerprint density at radius 2 is 1.71 bits per heavy atom. The molecule has 1 heterocycles. The molecule has 0 aliphatic heterocycles. The van der Waals surface area contributed by atoms with Crippen molar-refractivity contribution in [2.45, 2.75) is 0 Å². The molecule has 31 heavy (non-hydrogen) atoms. The summed E-state index contributed by atoms with van der Waals surface area (Å²) in [4.78, 5) is 41.6. The Morgan fingerprint density at radius 3 is 2.35 bits per heavy atom. The number of anilines is 1. The molecule has 0 spiro atoms. The second-order valence-electron chi connectivity index (χ2n) is 6.50. The number of carbonyl (C=O) groups is 1. The molecule has 0 saturated heterocycles. The third-order valence-electron chi connectivity index (χ3n) is 4.30. The minimum atomic E-state index is -0.735. The van der Waals surface area contributed by atoms with Gasteiger partial charge in [0.2, 0.25) is 11.8 Å². The van der Waals surface area contributed by atoms with Gasteiger partial charge >= 0.3 is 5.69 Å². The zero-order valence-electron chi connectivity index (χ0n) is 16.7. The van der Waals surface area contributed by atoms with E-state index >= 15 is 0 Å². The van der Waals surface area contributed by atoms with Crippen molar-refractivity contribution in [3.63, 3.8) is 0 Å². The first-order valence-electron chi connectivity index (χ1n) is 9.09. The van der Waals surface area contributed by atoms with Crippen molar-refractivity contribution >= 4 is 34.1 Å². The molecule has 3 aromatic rings. The highest BCUT2D eigenvalue weighted by atomic mass is 32.2. The zero-order valence-corrected chi connectivity index (χ0v) is 17.5. The largest absolute Gasteiger partial charge is 0.494 e. The highest BCUT2D eigenvalue weighted by molar-refractivity contribution is 8.15. The number of carbonyl (C=O) groups excluding carboxylic acids is 1. The summed E-state index contributed by atoms with van der Waals surface area (Å²) in [6, 6.07) is 14.0. The molecule has 0 fully saturated rings. The number of rotatable bonds is 5. The van der Waals surface area contributed by atoms with Gasteiger partial charge in [0.1, 0.15) is 16.4 Å². The summed E-state index contributed by atoms with van der Waals surface area (Å²) in [6.07, 6.45) is 0. The smallest absolute Gasteiger partial charge is 0.333 e. The Kier molecular flexibility index (Phi) is 6.71. The van der Waals surface area contributed by atoms with E-state index < -0.39 is 28.9 Å². The number of hydrogen-bond acceptors (Lipinski definition) is 6. The number of nitrogens with zero attached hydrogens (tertiary/aromatic N) is 3. The summed E-state index contributed by atoms with van der Waals surface area (Å²) in [5, 5.41) is 13.2. The second kappa shape index (κ2) is 9.43. The topological polar surface area (TPSA) is 106 Å². The first kappa shape index (κ1) is 22.0. The number of aliphatic imine (C=N–C) groups is 1. The first-order valence-corrected chi connectivity index (χ1v) is 10.1. The zero-order chi connectivity index (χ0) is 22.5. The Balaban J connectivity index is 1.95. The van der Waals surface area contributed by atoms with Gasteiger partial charge in [-0.15, -0.1) is 0 Å². The van der Waals surface area contributed by atoms with E-state index in [0.29, 0.717) is 11.4 Å². The van der Waals surface area contributed by atoms with Crippen LogP contribution in [0.15, 0.2) is 69.2 Å². The van der Waals surface area contributed by atoms with Gasteiger partial charge in [-0.1, -0.05) is 30.0 Å². The van der Waals surface area contributed by atoms with Gasteiger partial charge < -0.3 is 10.4 Å². The number of aromatic hydroxyl groups is 1. The molecule has 2 aromatic carbocycles. The van der Waals surface area contributed by atoms with Crippen molar-refractivity contribution in [3.05, 3.63) is 86.8 Å². The quantitative estimate of drug-likeness (QED) is 0.466. The lowest BCUT2D eigenvalue weighted by Gasteiger charge is -2.12. The number of thioether (sulfide) groups is 1. The second-order valence-corrected chi connectivity index (χ2v) is 7.46. The van der Waals surface area contributed by atoms with Crippen LogP contribution in [-0.2, 0) is 18.9 Å². The van der Waals surface area contributed by atoms with E-state index in [0.717, 1.165) is 20.9 Å². The van der Waals surface area contributed by atoms with E-state index in [-0.39, 0.29) is 16.4 Å². The lowest BCUT2D eigenvalue weighted by atomic mass is 10.3. The number of amides is 1. The van der Waals surface area contributed by atoms with E-state index in [1.54, 1.807) is 30.3 Å². The monoisotopic (exact) mass is 442 g/mol. The summed E-state index contributed by atoms with van der Waals surface area (Å²) in [6.45, 7) is 0. The van der Waals surface area contributed by atoms with Crippen LogP contribution in [0.1, 0.15) is 5.56 Å². The Bertz CT molecular complexity index is 1250. The average molecular weight is 442 g/mol. The SMILES string of the molecule is Cn1c(O)c(C(=Nc2ccccc2)SCC(=O)Nc2ccc(F)cc2)c(=O)n(C)c1=O. The van der Waals surface area contributed by atoms with Gasteiger partial charge in [0.05, 0.1) is 11.4 Å².